The summed E-state index contributed by atoms with van der Waals surface area (Å²) in [4.78, 5) is 4.29. The van der Waals surface area contributed by atoms with E-state index in [4.69, 9.17) is 5.84 Å². The van der Waals surface area contributed by atoms with E-state index in [1.54, 1.807) is 12.3 Å². The third-order valence-electron chi connectivity index (χ3n) is 3.65. The minimum Gasteiger partial charge on any atom is -0.406 e. The highest BCUT2D eigenvalue weighted by molar-refractivity contribution is 6.03. The van der Waals surface area contributed by atoms with E-state index in [9.17, 15) is 13.2 Å². The molecule has 1 heterocycles. The van der Waals surface area contributed by atoms with E-state index < -0.39 is 6.36 Å². The first-order valence-corrected chi connectivity index (χ1v) is 7.42. The van der Waals surface area contributed by atoms with E-state index in [1.807, 2.05) is 30.3 Å². The maximum absolute atomic E-state index is 12.4. The molecule has 0 amide bonds. The van der Waals surface area contributed by atoms with Crippen LogP contribution in [0, 0.1) is 0 Å². The zero-order valence-corrected chi connectivity index (χ0v) is 13.0. The van der Waals surface area contributed by atoms with Crippen LogP contribution >= 0.6 is 0 Å². The van der Waals surface area contributed by atoms with Gasteiger partial charge >= 0.3 is 6.36 Å². The maximum atomic E-state index is 12.4. The van der Waals surface area contributed by atoms with Crippen molar-refractivity contribution in [3.05, 3.63) is 71.9 Å². The molecule has 0 bridgehead atoms. The Morgan fingerprint density at radius 1 is 1.08 bits per heavy atom. The van der Waals surface area contributed by atoms with Gasteiger partial charge in [-0.25, -0.2) is 0 Å². The van der Waals surface area contributed by atoms with Crippen molar-refractivity contribution < 1.29 is 17.9 Å². The van der Waals surface area contributed by atoms with Crippen LogP contribution in [-0.4, -0.2) is 17.1 Å². The van der Waals surface area contributed by atoms with Crippen LogP contribution in [0.1, 0.15) is 11.1 Å². The maximum Gasteiger partial charge on any atom is 0.573 e. The highest BCUT2D eigenvalue weighted by Crippen LogP contribution is 2.24. The van der Waals surface area contributed by atoms with Gasteiger partial charge in [0.1, 0.15) is 5.75 Å². The molecule has 0 saturated heterocycles. The summed E-state index contributed by atoms with van der Waals surface area (Å²) in [6.07, 6.45) is -2.72. The first-order valence-electron chi connectivity index (χ1n) is 7.42. The van der Waals surface area contributed by atoms with Gasteiger partial charge in [0.15, 0.2) is 0 Å². The number of pyridine rings is 1. The highest BCUT2D eigenvalue weighted by atomic mass is 19.4. The van der Waals surface area contributed by atoms with E-state index in [0.29, 0.717) is 17.7 Å². The van der Waals surface area contributed by atoms with Crippen LogP contribution in [0.5, 0.6) is 5.75 Å². The molecule has 0 atom stereocenters. The first kappa shape index (κ1) is 16.8. The fourth-order valence-electron chi connectivity index (χ4n) is 2.58. The second-order valence-electron chi connectivity index (χ2n) is 5.32. The van der Waals surface area contributed by atoms with E-state index in [-0.39, 0.29) is 5.75 Å². The van der Waals surface area contributed by atoms with Gasteiger partial charge in [-0.1, -0.05) is 30.3 Å². The van der Waals surface area contributed by atoms with Gasteiger partial charge in [-0.05, 0) is 29.8 Å². The third kappa shape index (κ3) is 4.06. The van der Waals surface area contributed by atoms with Gasteiger partial charge in [-0.2, -0.15) is 5.10 Å². The molecule has 0 fully saturated rings. The predicted molar refractivity (Wildman–Crippen MR) is 89.3 cm³/mol. The summed E-state index contributed by atoms with van der Waals surface area (Å²) in [6, 6.07) is 15.0. The Kier molecular flexibility index (Phi) is 4.56. The lowest BCUT2D eigenvalue weighted by molar-refractivity contribution is -0.274. The van der Waals surface area contributed by atoms with Crippen molar-refractivity contribution in [2.75, 3.05) is 0 Å². The average molecular weight is 345 g/mol. The number of halogens is 3. The lowest BCUT2D eigenvalue weighted by Crippen LogP contribution is -2.17. The second kappa shape index (κ2) is 6.80. The Balaban J connectivity index is 1.92. The lowest BCUT2D eigenvalue weighted by atomic mass is 9.99. The molecular weight excluding hydrogens is 331 g/mol. The van der Waals surface area contributed by atoms with Crippen molar-refractivity contribution in [1.29, 1.82) is 0 Å². The topological polar surface area (TPSA) is 60.5 Å². The number of hydrogen-bond donors (Lipinski definition) is 1. The third-order valence-corrected chi connectivity index (χ3v) is 3.65. The van der Waals surface area contributed by atoms with Gasteiger partial charge in [0.25, 0.3) is 0 Å². The van der Waals surface area contributed by atoms with Gasteiger partial charge < -0.3 is 10.6 Å². The molecule has 3 rings (SSSR count). The Morgan fingerprint density at radius 2 is 1.88 bits per heavy atom. The van der Waals surface area contributed by atoms with Crippen LogP contribution in [-0.2, 0) is 6.42 Å². The van der Waals surface area contributed by atoms with Crippen molar-refractivity contribution in [2.24, 2.45) is 10.9 Å². The molecular formula is C18H14F3N3O. The number of nitrogens with zero attached hydrogens (tertiary/aromatic N) is 2. The molecule has 0 aliphatic carbocycles. The smallest absolute Gasteiger partial charge is 0.406 e. The molecule has 4 nitrogen and oxygen atoms in total. The zero-order chi connectivity index (χ0) is 17.9. The molecule has 0 aliphatic heterocycles. The zero-order valence-electron chi connectivity index (χ0n) is 13.0. The minimum atomic E-state index is -4.75. The van der Waals surface area contributed by atoms with Crippen molar-refractivity contribution in [3.63, 3.8) is 0 Å². The molecule has 128 valence electrons. The van der Waals surface area contributed by atoms with Gasteiger partial charge in [0.2, 0.25) is 0 Å². The Labute approximate surface area is 141 Å². The molecule has 0 radical (unpaired) electrons. The average Bonchev–Trinajstić information content (AvgIpc) is 2.58. The van der Waals surface area contributed by atoms with Crippen LogP contribution < -0.4 is 10.6 Å². The number of hydrogen-bond acceptors (Lipinski definition) is 4. The van der Waals surface area contributed by atoms with Gasteiger partial charge in [-0.15, -0.1) is 13.2 Å². The summed E-state index contributed by atoms with van der Waals surface area (Å²) in [5.41, 5.74) is 2.66. The summed E-state index contributed by atoms with van der Waals surface area (Å²) in [5, 5.41) is 4.70. The Hall–Kier alpha value is -3.09. The normalized spacial score (nSPS) is 12.4. The standard InChI is InChI=1S/C18H14F3N3O/c19-18(20,21)25-14-5-3-4-13(10-14)17(24-22)11-12-8-9-23-16-7-2-1-6-15(12)16/h1-10H,11,22H2/b24-17-. The molecule has 0 saturated carbocycles. The summed E-state index contributed by atoms with van der Waals surface area (Å²) in [6.45, 7) is 0. The predicted octanol–water partition coefficient (Wildman–Crippen LogP) is 4.04. The largest absolute Gasteiger partial charge is 0.573 e. The number of aromatic nitrogens is 1. The van der Waals surface area contributed by atoms with Gasteiger partial charge in [0, 0.05) is 23.6 Å². The van der Waals surface area contributed by atoms with Crippen LogP contribution in [0.3, 0.4) is 0 Å². The van der Waals surface area contributed by atoms with Crippen molar-refractivity contribution >= 4 is 16.6 Å². The van der Waals surface area contributed by atoms with E-state index in [1.165, 1.54) is 18.2 Å². The summed E-state index contributed by atoms with van der Waals surface area (Å²) in [5.74, 6) is 5.17. The number of ether oxygens (including phenoxy) is 1. The molecule has 0 unspecified atom stereocenters. The van der Waals surface area contributed by atoms with E-state index >= 15 is 0 Å². The van der Waals surface area contributed by atoms with Crippen molar-refractivity contribution in [3.8, 4) is 5.75 Å². The fraction of sp³-hybridized carbons (Fsp3) is 0.111. The highest BCUT2D eigenvalue weighted by Gasteiger charge is 2.31. The minimum absolute atomic E-state index is 0.314. The number of fused-ring (bicyclic) bond motifs is 1. The Morgan fingerprint density at radius 3 is 2.64 bits per heavy atom. The molecule has 1 aromatic heterocycles. The van der Waals surface area contributed by atoms with Crippen molar-refractivity contribution in [1.82, 2.24) is 4.98 Å². The molecule has 7 heteroatoms. The van der Waals surface area contributed by atoms with E-state index in [2.05, 4.69) is 14.8 Å². The van der Waals surface area contributed by atoms with Crippen LogP contribution in [0.4, 0.5) is 13.2 Å². The van der Waals surface area contributed by atoms with Crippen LogP contribution in [0.25, 0.3) is 10.9 Å². The molecule has 2 aromatic carbocycles. The van der Waals surface area contributed by atoms with Crippen LogP contribution in [0.15, 0.2) is 65.9 Å². The van der Waals surface area contributed by atoms with Gasteiger partial charge in [-0.3, -0.25) is 4.98 Å². The summed E-state index contributed by atoms with van der Waals surface area (Å²) < 4.78 is 41.1. The monoisotopic (exact) mass is 345 g/mol. The molecule has 0 spiro atoms. The second-order valence-corrected chi connectivity index (χ2v) is 5.32. The SMILES string of the molecule is N/N=C(/Cc1ccnc2ccccc12)c1cccc(OC(F)(F)F)c1. The molecule has 2 N–H and O–H groups in total. The number of alkyl halides is 3. The number of nitrogens with two attached hydrogens (primary N) is 1. The van der Waals surface area contributed by atoms with Crippen LogP contribution in [0.2, 0.25) is 0 Å². The fourth-order valence-corrected chi connectivity index (χ4v) is 2.58. The summed E-state index contributed by atoms with van der Waals surface area (Å²) in [7, 11) is 0. The van der Waals surface area contributed by atoms with E-state index in [0.717, 1.165) is 16.5 Å². The Bertz CT molecular complexity index is 917. The molecule has 3 aromatic rings. The van der Waals surface area contributed by atoms with Gasteiger partial charge in [0.05, 0.1) is 11.2 Å². The number of benzene rings is 2. The number of rotatable bonds is 4. The number of hydrazone groups is 1. The summed E-state index contributed by atoms with van der Waals surface area (Å²) >= 11 is 0. The first-order chi connectivity index (χ1) is 12.0. The molecule has 25 heavy (non-hydrogen) atoms. The quantitative estimate of drug-likeness (QED) is 0.441. The number of para-hydroxylation sites is 1. The van der Waals surface area contributed by atoms with Crippen molar-refractivity contribution in [2.45, 2.75) is 12.8 Å². The molecule has 0 aliphatic rings. The lowest BCUT2D eigenvalue weighted by Gasteiger charge is -2.12.